The third kappa shape index (κ3) is 3.02. The molecule has 0 amide bonds. The van der Waals surface area contributed by atoms with Crippen LogP contribution in [0.15, 0.2) is 24.3 Å². The van der Waals surface area contributed by atoms with E-state index >= 15 is 0 Å². The minimum atomic E-state index is -0.344. The number of para-hydroxylation sites is 1. The van der Waals surface area contributed by atoms with Crippen molar-refractivity contribution >= 4 is 5.69 Å². The first kappa shape index (κ1) is 11.7. The summed E-state index contributed by atoms with van der Waals surface area (Å²) in [6.45, 7) is 3.92. The third-order valence-corrected chi connectivity index (χ3v) is 2.63. The lowest BCUT2D eigenvalue weighted by atomic mass is 9.95. The molecule has 0 saturated carbocycles. The normalized spacial score (nSPS) is 14.6. The number of hydrogen-bond acceptors (Lipinski definition) is 3. The Balaban J connectivity index is 2.89. The molecular weight excluding hydrogens is 192 g/mol. The van der Waals surface area contributed by atoms with Gasteiger partial charge in [-0.05, 0) is 19.3 Å². The van der Waals surface area contributed by atoms with Crippen LogP contribution in [0.2, 0.25) is 0 Å². The lowest BCUT2D eigenvalue weighted by Gasteiger charge is -2.15. The Hall–Kier alpha value is -1.42. The van der Waals surface area contributed by atoms with Crippen molar-refractivity contribution in [1.29, 1.82) is 0 Å². The van der Waals surface area contributed by atoms with Gasteiger partial charge in [0, 0.05) is 17.7 Å². The molecule has 0 bridgehead atoms. The molecule has 82 valence electrons. The Labute approximate surface area is 89.2 Å². The number of rotatable bonds is 4. The molecular formula is C11H16N2O2. The second kappa shape index (κ2) is 4.89. The molecule has 2 unspecified atom stereocenters. The number of nitrogens with zero attached hydrogens (tertiary/aromatic N) is 1. The van der Waals surface area contributed by atoms with Crippen LogP contribution < -0.4 is 5.73 Å². The topological polar surface area (TPSA) is 69.2 Å². The molecule has 0 aliphatic heterocycles. The summed E-state index contributed by atoms with van der Waals surface area (Å²) in [4.78, 5) is 10.4. The molecule has 4 heteroatoms. The van der Waals surface area contributed by atoms with Gasteiger partial charge in [-0.2, -0.15) is 0 Å². The van der Waals surface area contributed by atoms with Crippen molar-refractivity contribution in [3.63, 3.8) is 0 Å². The maximum Gasteiger partial charge on any atom is 0.272 e. The summed E-state index contributed by atoms with van der Waals surface area (Å²) < 4.78 is 0. The van der Waals surface area contributed by atoms with Gasteiger partial charge in [0.05, 0.1) is 4.92 Å². The molecule has 0 heterocycles. The number of benzene rings is 1. The predicted molar refractivity (Wildman–Crippen MR) is 59.6 cm³/mol. The number of nitro benzene ring substituents is 1. The van der Waals surface area contributed by atoms with Crippen molar-refractivity contribution in [2.45, 2.75) is 26.3 Å². The van der Waals surface area contributed by atoms with E-state index in [1.807, 2.05) is 19.9 Å². The summed E-state index contributed by atoms with van der Waals surface area (Å²) >= 11 is 0. The van der Waals surface area contributed by atoms with E-state index in [1.54, 1.807) is 12.1 Å². The van der Waals surface area contributed by atoms with Crippen LogP contribution in [0.25, 0.3) is 0 Å². The van der Waals surface area contributed by atoms with Crippen LogP contribution in [0.5, 0.6) is 0 Å². The maximum atomic E-state index is 10.7. The van der Waals surface area contributed by atoms with E-state index in [2.05, 4.69) is 0 Å². The molecule has 0 aliphatic carbocycles. The van der Waals surface area contributed by atoms with E-state index in [4.69, 9.17) is 5.73 Å². The lowest BCUT2D eigenvalue weighted by Crippen LogP contribution is -2.25. The van der Waals surface area contributed by atoms with Gasteiger partial charge < -0.3 is 5.73 Å². The second-order valence-electron chi connectivity index (χ2n) is 3.93. The highest BCUT2D eigenvalue weighted by atomic mass is 16.6. The minimum absolute atomic E-state index is 0.0461. The molecule has 0 aliphatic rings. The molecule has 1 rings (SSSR count). The third-order valence-electron chi connectivity index (χ3n) is 2.63. The van der Waals surface area contributed by atoms with Crippen LogP contribution in [0.1, 0.15) is 19.4 Å². The Bertz CT molecular complexity index is 350. The van der Waals surface area contributed by atoms with Gasteiger partial charge in [-0.3, -0.25) is 10.1 Å². The fourth-order valence-corrected chi connectivity index (χ4v) is 1.39. The number of hydrogen-bond donors (Lipinski definition) is 1. The fourth-order valence-electron chi connectivity index (χ4n) is 1.39. The first-order chi connectivity index (χ1) is 7.02. The molecule has 0 spiro atoms. The van der Waals surface area contributed by atoms with Gasteiger partial charge in [0.1, 0.15) is 0 Å². The van der Waals surface area contributed by atoms with Gasteiger partial charge in [0.15, 0.2) is 0 Å². The largest absolute Gasteiger partial charge is 0.328 e. The van der Waals surface area contributed by atoms with Crippen LogP contribution in [0, 0.1) is 16.0 Å². The summed E-state index contributed by atoms with van der Waals surface area (Å²) in [5, 5.41) is 10.7. The van der Waals surface area contributed by atoms with E-state index in [9.17, 15) is 10.1 Å². The zero-order valence-corrected chi connectivity index (χ0v) is 9.01. The van der Waals surface area contributed by atoms with Gasteiger partial charge in [0.2, 0.25) is 0 Å². The molecule has 0 aromatic heterocycles. The van der Waals surface area contributed by atoms with Crippen LogP contribution in [-0.4, -0.2) is 11.0 Å². The standard InChI is InChI=1S/C11H16N2O2/c1-8(9(2)12)7-10-5-3-4-6-11(10)13(14)15/h3-6,8-9H,7,12H2,1-2H3. The van der Waals surface area contributed by atoms with E-state index in [0.29, 0.717) is 6.42 Å². The molecule has 0 fully saturated rings. The van der Waals surface area contributed by atoms with E-state index in [0.717, 1.165) is 5.56 Å². The zero-order chi connectivity index (χ0) is 11.4. The zero-order valence-electron chi connectivity index (χ0n) is 9.01. The molecule has 15 heavy (non-hydrogen) atoms. The molecule has 4 nitrogen and oxygen atoms in total. The van der Waals surface area contributed by atoms with Crippen LogP contribution in [0.3, 0.4) is 0 Å². The van der Waals surface area contributed by atoms with Crippen LogP contribution in [0.4, 0.5) is 5.69 Å². The molecule has 1 aromatic rings. The average molecular weight is 208 g/mol. The molecule has 1 aromatic carbocycles. The van der Waals surface area contributed by atoms with Crippen molar-refractivity contribution in [3.8, 4) is 0 Å². The van der Waals surface area contributed by atoms with Crippen molar-refractivity contribution in [2.75, 3.05) is 0 Å². The van der Waals surface area contributed by atoms with Crippen molar-refractivity contribution in [1.82, 2.24) is 0 Å². The van der Waals surface area contributed by atoms with Crippen molar-refractivity contribution in [2.24, 2.45) is 11.7 Å². The summed E-state index contributed by atoms with van der Waals surface area (Å²) in [7, 11) is 0. The average Bonchev–Trinajstić information content (AvgIpc) is 2.18. The first-order valence-electron chi connectivity index (χ1n) is 5.00. The van der Waals surface area contributed by atoms with Gasteiger partial charge in [-0.15, -0.1) is 0 Å². The van der Waals surface area contributed by atoms with E-state index in [-0.39, 0.29) is 22.6 Å². The Morgan fingerprint density at radius 2 is 2.00 bits per heavy atom. The Morgan fingerprint density at radius 1 is 1.40 bits per heavy atom. The minimum Gasteiger partial charge on any atom is -0.328 e. The van der Waals surface area contributed by atoms with E-state index in [1.165, 1.54) is 6.07 Å². The highest BCUT2D eigenvalue weighted by molar-refractivity contribution is 5.40. The highest BCUT2D eigenvalue weighted by Gasteiger charge is 2.16. The molecule has 0 saturated heterocycles. The molecule has 2 N–H and O–H groups in total. The molecule has 2 atom stereocenters. The van der Waals surface area contributed by atoms with Gasteiger partial charge in [0.25, 0.3) is 5.69 Å². The summed E-state index contributed by atoms with van der Waals surface area (Å²) in [5.41, 5.74) is 6.68. The fraction of sp³-hybridized carbons (Fsp3) is 0.455. The van der Waals surface area contributed by atoms with E-state index < -0.39 is 0 Å². The van der Waals surface area contributed by atoms with Crippen molar-refractivity contribution < 1.29 is 4.92 Å². The second-order valence-corrected chi connectivity index (χ2v) is 3.93. The summed E-state index contributed by atoms with van der Waals surface area (Å²) in [6, 6.07) is 6.86. The quantitative estimate of drug-likeness (QED) is 0.608. The lowest BCUT2D eigenvalue weighted by molar-refractivity contribution is -0.385. The van der Waals surface area contributed by atoms with Gasteiger partial charge in [-0.1, -0.05) is 25.1 Å². The summed E-state index contributed by atoms with van der Waals surface area (Å²) in [6.07, 6.45) is 0.648. The van der Waals surface area contributed by atoms with Gasteiger partial charge in [-0.25, -0.2) is 0 Å². The SMILES string of the molecule is CC(N)C(C)Cc1ccccc1[N+](=O)[O-]. The van der Waals surface area contributed by atoms with Crippen LogP contribution >= 0.6 is 0 Å². The highest BCUT2D eigenvalue weighted by Crippen LogP contribution is 2.21. The monoisotopic (exact) mass is 208 g/mol. The maximum absolute atomic E-state index is 10.7. The Kier molecular flexibility index (Phi) is 3.80. The van der Waals surface area contributed by atoms with Crippen LogP contribution in [-0.2, 0) is 6.42 Å². The first-order valence-corrected chi connectivity index (χ1v) is 5.00. The number of nitrogens with two attached hydrogens (primary N) is 1. The molecule has 0 radical (unpaired) electrons. The Morgan fingerprint density at radius 3 is 2.53 bits per heavy atom. The van der Waals surface area contributed by atoms with Gasteiger partial charge >= 0.3 is 0 Å². The summed E-state index contributed by atoms with van der Waals surface area (Å²) in [5.74, 6) is 0.242. The van der Waals surface area contributed by atoms with Crippen molar-refractivity contribution in [3.05, 3.63) is 39.9 Å². The predicted octanol–water partition coefficient (Wildman–Crippen LogP) is 2.12. The number of nitro groups is 1. The smallest absolute Gasteiger partial charge is 0.272 e.